The van der Waals surface area contributed by atoms with Gasteiger partial charge in [0.15, 0.2) is 0 Å². The molecule has 0 aliphatic heterocycles. The van der Waals surface area contributed by atoms with E-state index in [1.54, 1.807) is 0 Å². The lowest BCUT2D eigenvalue weighted by Gasteiger charge is -2.10. The molecule has 1 rings (SSSR count). The second-order valence-electron chi connectivity index (χ2n) is 3.92. The van der Waals surface area contributed by atoms with Crippen LogP contribution in [0.4, 0.5) is 0 Å². The first-order chi connectivity index (χ1) is 8.27. The summed E-state index contributed by atoms with van der Waals surface area (Å²) >= 11 is 0. The van der Waals surface area contributed by atoms with E-state index >= 15 is 0 Å². The molecule has 1 aromatic heterocycles. The van der Waals surface area contributed by atoms with Crippen LogP contribution in [-0.2, 0) is 11.3 Å². The number of unbranched alkanes of at least 4 members (excludes halogenated alkanes) is 1. The number of aryl methyl sites for hydroxylation is 1. The van der Waals surface area contributed by atoms with Crippen molar-refractivity contribution >= 4 is 0 Å². The molecule has 1 aromatic rings. The van der Waals surface area contributed by atoms with Crippen LogP contribution in [0.1, 0.15) is 31.2 Å². The van der Waals surface area contributed by atoms with E-state index < -0.39 is 0 Å². The van der Waals surface area contributed by atoms with Gasteiger partial charge in [0.25, 0.3) is 0 Å². The molecule has 17 heavy (non-hydrogen) atoms. The summed E-state index contributed by atoms with van der Waals surface area (Å²) in [6.07, 6.45) is 2.25. The van der Waals surface area contributed by atoms with E-state index in [9.17, 15) is 0 Å². The highest BCUT2D eigenvalue weighted by Gasteiger charge is 2.03. The Morgan fingerprint density at radius 3 is 2.76 bits per heavy atom. The largest absolute Gasteiger partial charge is 0.489 e. The molecule has 4 heteroatoms. The first-order valence-corrected chi connectivity index (χ1v) is 6.15. The van der Waals surface area contributed by atoms with Crippen molar-refractivity contribution in [1.29, 1.82) is 0 Å². The Balaban J connectivity index is 2.31. The molecule has 0 amide bonds. The van der Waals surface area contributed by atoms with Gasteiger partial charge in [0, 0.05) is 18.8 Å². The summed E-state index contributed by atoms with van der Waals surface area (Å²) < 4.78 is 11.0. The molecule has 0 bridgehead atoms. The summed E-state index contributed by atoms with van der Waals surface area (Å²) in [4.78, 5) is 4.33. The van der Waals surface area contributed by atoms with E-state index in [1.807, 2.05) is 19.1 Å². The summed E-state index contributed by atoms with van der Waals surface area (Å²) in [6.45, 7) is 6.44. The van der Waals surface area contributed by atoms with Gasteiger partial charge in [-0.1, -0.05) is 13.3 Å². The average Bonchev–Trinajstić information content (AvgIpc) is 2.35. The molecular weight excluding hydrogens is 216 g/mol. The number of aromatic nitrogens is 1. The van der Waals surface area contributed by atoms with Crippen LogP contribution >= 0.6 is 0 Å². The highest BCUT2D eigenvalue weighted by Crippen LogP contribution is 2.15. The monoisotopic (exact) mass is 238 g/mol. The third-order valence-electron chi connectivity index (χ3n) is 2.39. The van der Waals surface area contributed by atoms with Crippen molar-refractivity contribution in [1.82, 2.24) is 4.98 Å². The molecule has 4 nitrogen and oxygen atoms in total. The first kappa shape index (κ1) is 13.9. The molecule has 0 aromatic carbocycles. The highest BCUT2D eigenvalue weighted by molar-refractivity contribution is 5.29. The van der Waals surface area contributed by atoms with Gasteiger partial charge in [-0.05, 0) is 25.5 Å². The van der Waals surface area contributed by atoms with Crippen LogP contribution in [0.15, 0.2) is 12.1 Å². The van der Waals surface area contributed by atoms with Crippen LogP contribution in [0.3, 0.4) is 0 Å². The molecule has 0 aliphatic carbocycles. The predicted octanol–water partition coefficient (Wildman–Crippen LogP) is 2.04. The second-order valence-corrected chi connectivity index (χ2v) is 3.92. The summed E-state index contributed by atoms with van der Waals surface area (Å²) in [5, 5.41) is 0. The first-order valence-electron chi connectivity index (χ1n) is 6.15. The summed E-state index contributed by atoms with van der Waals surface area (Å²) in [5.74, 6) is 0.761. The van der Waals surface area contributed by atoms with E-state index in [1.165, 1.54) is 0 Å². The van der Waals surface area contributed by atoms with Crippen LogP contribution in [0, 0.1) is 6.92 Å². The van der Waals surface area contributed by atoms with Crippen molar-refractivity contribution in [3.05, 3.63) is 23.5 Å². The van der Waals surface area contributed by atoms with Gasteiger partial charge in [-0.2, -0.15) is 0 Å². The second kappa shape index (κ2) is 8.03. The smallest absolute Gasteiger partial charge is 0.142 e. The maximum absolute atomic E-state index is 5.62. The van der Waals surface area contributed by atoms with E-state index in [2.05, 4.69) is 11.9 Å². The van der Waals surface area contributed by atoms with Gasteiger partial charge in [0.1, 0.15) is 12.4 Å². The number of nitrogens with two attached hydrogens (primary N) is 1. The van der Waals surface area contributed by atoms with Crippen molar-refractivity contribution in [2.75, 3.05) is 19.8 Å². The molecule has 0 saturated carbocycles. The Kier molecular flexibility index (Phi) is 6.58. The minimum atomic E-state index is 0.397. The zero-order valence-electron chi connectivity index (χ0n) is 10.7. The van der Waals surface area contributed by atoms with E-state index in [0.29, 0.717) is 19.8 Å². The molecule has 0 atom stereocenters. The fourth-order valence-electron chi connectivity index (χ4n) is 1.43. The van der Waals surface area contributed by atoms with Crippen molar-refractivity contribution in [3.8, 4) is 5.75 Å². The van der Waals surface area contributed by atoms with Gasteiger partial charge in [0.05, 0.1) is 12.3 Å². The van der Waals surface area contributed by atoms with E-state index in [4.69, 9.17) is 15.2 Å². The van der Waals surface area contributed by atoms with Gasteiger partial charge in [-0.15, -0.1) is 0 Å². The lowest BCUT2D eigenvalue weighted by atomic mass is 10.3. The molecule has 96 valence electrons. The molecular formula is C13H22N2O2. The third kappa shape index (κ3) is 5.15. The quantitative estimate of drug-likeness (QED) is 0.704. The zero-order valence-corrected chi connectivity index (χ0v) is 10.7. The van der Waals surface area contributed by atoms with Crippen molar-refractivity contribution in [3.63, 3.8) is 0 Å². The lowest BCUT2D eigenvalue weighted by Crippen LogP contribution is -2.11. The van der Waals surface area contributed by atoms with E-state index in [0.717, 1.165) is 36.6 Å². The Labute approximate surface area is 103 Å². The Morgan fingerprint density at radius 2 is 2.06 bits per heavy atom. The van der Waals surface area contributed by atoms with Crippen LogP contribution < -0.4 is 10.5 Å². The Hall–Kier alpha value is -1.13. The third-order valence-corrected chi connectivity index (χ3v) is 2.39. The number of rotatable bonds is 8. The molecule has 0 saturated heterocycles. The number of hydrogen-bond acceptors (Lipinski definition) is 4. The predicted molar refractivity (Wildman–Crippen MR) is 68.1 cm³/mol. The van der Waals surface area contributed by atoms with Gasteiger partial charge >= 0.3 is 0 Å². The molecule has 0 fully saturated rings. The number of ether oxygens (including phenoxy) is 2. The molecule has 0 unspecified atom stereocenters. The normalized spacial score (nSPS) is 10.5. The fraction of sp³-hybridized carbons (Fsp3) is 0.615. The Bertz CT molecular complexity index is 329. The molecule has 1 heterocycles. The minimum absolute atomic E-state index is 0.397. The lowest BCUT2D eigenvalue weighted by molar-refractivity contribution is 0.0976. The summed E-state index contributed by atoms with van der Waals surface area (Å²) in [7, 11) is 0. The van der Waals surface area contributed by atoms with Gasteiger partial charge in [-0.3, -0.25) is 4.98 Å². The summed E-state index contributed by atoms with van der Waals surface area (Å²) in [5.41, 5.74) is 7.38. The highest BCUT2D eigenvalue weighted by atomic mass is 16.5. The number of nitrogens with zero attached hydrogens (tertiary/aromatic N) is 1. The van der Waals surface area contributed by atoms with Gasteiger partial charge < -0.3 is 15.2 Å². The standard InChI is InChI=1S/C13H22N2O2/c1-3-4-7-16-8-9-17-13-6-5-11(2)15-12(13)10-14/h5-6H,3-4,7-10,14H2,1-2H3. The van der Waals surface area contributed by atoms with Crippen molar-refractivity contribution in [2.24, 2.45) is 5.73 Å². The number of hydrogen-bond donors (Lipinski definition) is 1. The van der Waals surface area contributed by atoms with Crippen LogP contribution in [-0.4, -0.2) is 24.8 Å². The van der Waals surface area contributed by atoms with Gasteiger partial charge in [0.2, 0.25) is 0 Å². The maximum Gasteiger partial charge on any atom is 0.142 e. The van der Waals surface area contributed by atoms with Gasteiger partial charge in [-0.25, -0.2) is 0 Å². The minimum Gasteiger partial charge on any atom is -0.489 e. The fourth-order valence-corrected chi connectivity index (χ4v) is 1.43. The van der Waals surface area contributed by atoms with Crippen LogP contribution in [0.2, 0.25) is 0 Å². The summed E-state index contributed by atoms with van der Waals surface area (Å²) in [6, 6.07) is 3.84. The molecule has 2 N–H and O–H groups in total. The van der Waals surface area contributed by atoms with Crippen molar-refractivity contribution < 1.29 is 9.47 Å². The SMILES string of the molecule is CCCCOCCOc1ccc(C)nc1CN. The van der Waals surface area contributed by atoms with Crippen LogP contribution in [0.5, 0.6) is 5.75 Å². The molecule has 0 spiro atoms. The zero-order chi connectivity index (χ0) is 12.5. The number of pyridine rings is 1. The molecule has 0 aliphatic rings. The Morgan fingerprint density at radius 1 is 1.24 bits per heavy atom. The van der Waals surface area contributed by atoms with Crippen molar-refractivity contribution in [2.45, 2.75) is 33.2 Å². The molecule has 0 radical (unpaired) electrons. The average molecular weight is 238 g/mol. The topological polar surface area (TPSA) is 57.4 Å². The van der Waals surface area contributed by atoms with E-state index in [-0.39, 0.29) is 0 Å². The maximum atomic E-state index is 5.62. The van der Waals surface area contributed by atoms with Crippen LogP contribution in [0.25, 0.3) is 0 Å².